The average molecular weight is 829 g/mol. The summed E-state index contributed by atoms with van der Waals surface area (Å²) in [7, 11) is -13.8. The van der Waals surface area contributed by atoms with Gasteiger partial charge in [0.25, 0.3) is 0 Å². The highest BCUT2D eigenvalue weighted by molar-refractivity contribution is 7.91. The number of aryl methyl sites for hydroxylation is 2. The van der Waals surface area contributed by atoms with Crippen LogP contribution in [0.4, 0.5) is 34.1 Å². The van der Waals surface area contributed by atoms with Crippen molar-refractivity contribution in [2.45, 2.75) is 33.4 Å². The molecular formula is C42H40N2O8S4. The monoisotopic (exact) mass is 828 g/mol. The van der Waals surface area contributed by atoms with Crippen LogP contribution in [0.2, 0.25) is 0 Å². The van der Waals surface area contributed by atoms with Crippen LogP contribution in [-0.2, 0) is 39.3 Å². The molecule has 0 aliphatic rings. The lowest BCUT2D eigenvalue weighted by atomic mass is 10.0. The number of sulfone groups is 4. The largest absolute Gasteiger partial charge is 0.310 e. The molecular weight excluding hydrogens is 789 g/mol. The van der Waals surface area contributed by atoms with Crippen molar-refractivity contribution in [3.05, 3.63) is 145 Å². The average Bonchev–Trinajstić information content (AvgIpc) is 3.11. The van der Waals surface area contributed by atoms with E-state index in [2.05, 4.69) is 0 Å². The Balaban J connectivity index is 1.38. The van der Waals surface area contributed by atoms with E-state index in [0.717, 1.165) is 47.5 Å². The highest BCUT2D eigenvalue weighted by Crippen LogP contribution is 2.40. The van der Waals surface area contributed by atoms with Crippen LogP contribution >= 0.6 is 0 Å². The fourth-order valence-corrected chi connectivity index (χ4v) is 9.74. The molecule has 0 saturated carbocycles. The van der Waals surface area contributed by atoms with Crippen molar-refractivity contribution in [1.82, 2.24) is 0 Å². The summed E-state index contributed by atoms with van der Waals surface area (Å²) in [5, 5.41) is 0. The van der Waals surface area contributed by atoms with E-state index < -0.39 is 39.3 Å². The minimum atomic E-state index is -3.45. The molecule has 6 aromatic rings. The minimum Gasteiger partial charge on any atom is -0.310 e. The molecule has 0 spiro atoms. The number of rotatable bonds is 11. The summed E-state index contributed by atoms with van der Waals surface area (Å²) in [5.41, 5.74) is 7.15. The molecule has 0 aliphatic heterocycles. The molecule has 0 fully saturated rings. The Kier molecular flexibility index (Phi) is 10.8. The van der Waals surface area contributed by atoms with Crippen molar-refractivity contribution in [2.24, 2.45) is 0 Å². The van der Waals surface area contributed by atoms with E-state index >= 15 is 0 Å². The zero-order valence-corrected chi connectivity index (χ0v) is 34.8. The quantitative estimate of drug-likeness (QED) is 0.125. The molecule has 0 atom stereocenters. The van der Waals surface area contributed by atoms with Crippen molar-refractivity contribution in [3.63, 3.8) is 0 Å². The van der Waals surface area contributed by atoms with Gasteiger partial charge in [0.1, 0.15) is 0 Å². The van der Waals surface area contributed by atoms with Gasteiger partial charge in [-0.2, -0.15) is 0 Å². The lowest BCUT2D eigenvalue weighted by molar-refractivity contribution is 0.599. The van der Waals surface area contributed by atoms with Crippen LogP contribution < -0.4 is 9.80 Å². The van der Waals surface area contributed by atoms with Crippen molar-refractivity contribution < 1.29 is 33.7 Å². The van der Waals surface area contributed by atoms with E-state index in [9.17, 15) is 33.7 Å². The minimum absolute atomic E-state index is 0.175. The van der Waals surface area contributed by atoms with Crippen molar-refractivity contribution in [2.75, 3.05) is 34.8 Å². The van der Waals surface area contributed by atoms with Crippen molar-refractivity contribution in [1.29, 1.82) is 0 Å². The van der Waals surface area contributed by atoms with Crippen LogP contribution in [0.15, 0.2) is 153 Å². The van der Waals surface area contributed by atoms with Gasteiger partial charge in [-0.05, 0) is 145 Å². The van der Waals surface area contributed by atoms with E-state index in [1.807, 2.05) is 58.3 Å². The summed E-state index contributed by atoms with van der Waals surface area (Å²) < 4.78 is 98.3. The second-order valence-corrected chi connectivity index (χ2v) is 21.7. The summed E-state index contributed by atoms with van der Waals surface area (Å²) in [4.78, 5) is 4.63. The predicted octanol–water partition coefficient (Wildman–Crippen LogP) is 8.52. The normalized spacial score (nSPS) is 12.3. The molecule has 0 heterocycles. The summed E-state index contributed by atoms with van der Waals surface area (Å²) in [5.74, 6) is 0. The van der Waals surface area contributed by atoms with E-state index in [1.165, 1.54) is 24.3 Å². The van der Waals surface area contributed by atoms with Crippen LogP contribution in [0.3, 0.4) is 0 Å². The van der Waals surface area contributed by atoms with Crippen LogP contribution in [0.5, 0.6) is 0 Å². The third-order valence-electron chi connectivity index (χ3n) is 9.26. The van der Waals surface area contributed by atoms with Gasteiger partial charge in [-0.25, -0.2) is 33.7 Å². The number of hydrogen-bond acceptors (Lipinski definition) is 10. The topological polar surface area (TPSA) is 143 Å². The first-order valence-corrected chi connectivity index (χ1v) is 24.7. The predicted molar refractivity (Wildman–Crippen MR) is 223 cm³/mol. The third-order valence-corrected chi connectivity index (χ3v) is 14.0. The summed E-state index contributed by atoms with van der Waals surface area (Å²) in [6.07, 6.45) is 4.62. The molecule has 0 radical (unpaired) electrons. The number of anilines is 6. The van der Waals surface area contributed by atoms with Gasteiger partial charge in [0.2, 0.25) is 0 Å². The zero-order valence-electron chi connectivity index (χ0n) is 31.5. The summed E-state index contributed by atoms with van der Waals surface area (Å²) in [6.45, 7) is 3.46. The number of hydrogen-bond donors (Lipinski definition) is 0. The first-order valence-electron chi connectivity index (χ1n) is 17.1. The molecule has 0 bridgehead atoms. The van der Waals surface area contributed by atoms with Gasteiger partial charge in [0.05, 0.1) is 19.6 Å². The van der Waals surface area contributed by atoms with E-state index in [-0.39, 0.29) is 19.6 Å². The molecule has 10 nitrogen and oxygen atoms in total. The number of nitrogens with zero attached hydrogens (tertiary/aromatic N) is 2. The Morgan fingerprint density at radius 2 is 0.571 bits per heavy atom. The molecule has 14 heteroatoms. The van der Waals surface area contributed by atoms with E-state index in [1.54, 1.807) is 74.5 Å². The SMILES string of the molecule is Cc1cc(N(c2ccc(-c3ccc(N(c4ccc(S(C)(=O)=O)cc4)c4ccc(S(C)(=O)=O)c(C)c4)cc3)cc2)c2ccc(S(C)(=O)=O)cc2)ccc1S(C)(=O)=O. The van der Waals surface area contributed by atoms with E-state index in [0.29, 0.717) is 33.9 Å². The lowest BCUT2D eigenvalue weighted by Gasteiger charge is -2.27. The molecule has 6 aromatic carbocycles. The van der Waals surface area contributed by atoms with Crippen LogP contribution in [-0.4, -0.2) is 58.7 Å². The number of benzene rings is 6. The lowest BCUT2D eigenvalue weighted by Crippen LogP contribution is -2.11. The second-order valence-electron chi connectivity index (χ2n) is 13.7. The van der Waals surface area contributed by atoms with Crippen molar-refractivity contribution >= 4 is 73.5 Å². The van der Waals surface area contributed by atoms with Gasteiger partial charge < -0.3 is 9.80 Å². The summed E-state index contributed by atoms with van der Waals surface area (Å²) in [6, 6.07) is 38.6. The van der Waals surface area contributed by atoms with Gasteiger partial charge >= 0.3 is 0 Å². The Hall–Kier alpha value is -5.28. The Labute approximate surface area is 329 Å². The van der Waals surface area contributed by atoms with Crippen LogP contribution in [0.1, 0.15) is 11.1 Å². The molecule has 290 valence electrons. The molecule has 0 unspecified atom stereocenters. The molecule has 56 heavy (non-hydrogen) atoms. The zero-order chi connectivity index (χ0) is 40.8. The molecule has 0 aromatic heterocycles. The smallest absolute Gasteiger partial charge is 0.175 e. The molecule has 0 N–H and O–H groups in total. The highest BCUT2D eigenvalue weighted by atomic mass is 32.2. The van der Waals surface area contributed by atoms with E-state index in [4.69, 9.17) is 0 Å². The van der Waals surface area contributed by atoms with Crippen LogP contribution in [0, 0.1) is 13.8 Å². The molecule has 6 rings (SSSR count). The first kappa shape index (κ1) is 40.4. The maximum absolute atomic E-state index is 12.4. The Morgan fingerprint density at radius 1 is 0.321 bits per heavy atom. The van der Waals surface area contributed by atoms with Gasteiger partial charge in [-0.15, -0.1) is 0 Å². The maximum atomic E-state index is 12.4. The van der Waals surface area contributed by atoms with Gasteiger partial charge in [-0.1, -0.05) is 24.3 Å². The summed E-state index contributed by atoms with van der Waals surface area (Å²) >= 11 is 0. The van der Waals surface area contributed by atoms with Gasteiger partial charge in [0, 0.05) is 59.1 Å². The highest BCUT2D eigenvalue weighted by Gasteiger charge is 2.20. The second kappa shape index (κ2) is 15.0. The fourth-order valence-electron chi connectivity index (χ4n) is 6.56. The van der Waals surface area contributed by atoms with Gasteiger partial charge in [-0.3, -0.25) is 0 Å². The van der Waals surface area contributed by atoms with Crippen molar-refractivity contribution in [3.8, 4) is 11.1 Å². The Morgan fingerprint density at radius 3 is 0.804 bits per heavy atom. The molecule has 0 saturated heterocycles. The Bertz CT molecular complexity index is 2690. The molecule has 0 aliphatic carbocycles. The maximum Gasteiger partial charge on any atom is 0.175 e. The van der Waals surface area contributed by atoms with Gasteiger partial charge in [0.15, 0.2) is 39.3 Å². The van der Waals surface area contributed by atoms with Crippen LogP contribution in [0.25, 0.3) is 11.1 Å². The standard InChI is InChI=1S/C42H40N2O8S4/c1-29-27-37(19-25-41(29)55(5,49)50)43(35-15-21-39(22-16-35)53(3,45)46)33-11-7-31(8-12-33)32-9-13-34(14-10-32)44(36-17-23-40(24-18-36)54(4,47)48)38-20-26-42(30(2)28-38)56(6,51)52/h7-28H,1-6H3. The first-order chi connectivity index (χ1) is 26.1. The fraction of sp³-hybridized carbons (Fsp3) is 0.143. The third kappa shape index (κ3) is 8.73. The molecule has 0 amide bonds.